The third kappa shape index (κ3) is 4.44. The average molecular weight is 256 g/mol. The summed E-state index contributed by atoms with van der Waals surface area (Å²) in [7, 11) is 1.53. The van der Waals surface area contributed by atoms with Gasteiger partial charge in [-0.15, -0.1) is 0 Å². The Hall–Kier alpha value is -1.55. The van der Waals surface area contributed by atoms with Crippen LogP contribution in [0.5, 0.6) is 5.88 Å². The molecule has 17 heavy (non-hydrogen) atoms. The second-order valence-electron chi connectivity index (χ2n) is 3.16. The summed E-state index contributed by atoms with van der Waals surface area (Å²) >= 11 is 5.82. The molecule has 5 heteroatoms. The smallest absolute Gasteiger partial charge is 0.309 e. The molecule has 0 aromatic carbocycles. The van der Waals surface area contributed by atoms with E-state index in [1.165, 1.54) is 13.3 Å². The van der Waals surface area contributed by atoms with Crippen molar-refractivity contribution in [1.29, 1.82) is 0 Å². The SMILES string of the molecule is CCOC(=O)CC=Cc1cc(Cl)cnc1OC. The minimum absolute atomic E-state index is 0.212. The highest BCUT2D eigenvalue weighted by atomic mass is 35.5. The van der Waals surface area contributed by atoms with Crippen molar-refractivity contribution >= 4 is 23.6 Å². The lowest BCUT2D eigenvalue weighted by Gasteiger charge is -2.03. The van der Waals surface area contributed by atoms with Crippen molar-refractivity contribution in [2.24, 2.45) is 0 Å². The first kappa shape index (κ1) is 13.5. The standard InChI is InChI=1S/C12H14ClNO3/c1-3-17-11(15)6-4-5-9-7-10(13)8-14-12(9)16-2/h4-5,7-8H,3,6H2,1-2H3. The molecule has 1 aromatic rings. The van der Waals surface area contributed by atoms with Crippen LogP contribution >= 0.6 is 11.6 Å². The Morgan fingerprint density at radius 1 is 1.59 bits per heavy atom. The van der Waals surface area contributed by atoms with Crippen LogP contribution in [-0.4, -0.2) is 24.7 Å². The highest BCUT2D eigenvalue weighted by Crippen LogP contribution is 2.20. The lowest BCUT2D eigenvalue weighted by Crippen LogP contribution is -2.01. The fourth-order valence-corrected chi connectivity index (χ4v) is 1.40. The molecule has 0 spiro atoms. The van der Waals surface area contributed by atoms with Gasteiger partial charge in [-0.2, -0.15) is 0 Å². The van der Waals surface area contributed by atoms with Crippen LogP contribution in [0.15, 0.2) is 18.3 Å². The fraction of sp³-hybridized carbons (Fsp3) is 0.333. The van der Waals surface area contributed by atoms with Crippen molar-refractivity contribution in [3.8, 4) is 5.88 Å². The van der Waals surface area contributed by atoms with Crippen LogP contribution in [0.3, 0.4) is 0 Å². The van der Waals surface area contributed by atoms with Gasteiger partial charge in [0.05, 0.1) is 25.2 Å². The van der Waals surface area contributed by atoms with Gasteiger partial charge in [0, 0.05) is 11.8 Å². The number of halogens is 1. The molecule has 0 aliphatic rings. The van der Waals surface area contributed by atoms with Gasteiger partial charge in [-0.1, -0.05) is 23.8 Å². The first-order valence-electron chi connectivity index (χ1n) is 5.19. The molecule has 0 saturated heterocycles. The van der Waals surface area contributed by atoms with Crippen molar-refractivity contribution in [3.63, 3.8) is 0 Å². The normalized spacial score (nSPS) is 10.5. The molecule has 0 aliphatic carbocycles. The molecule has 1 aromatic heterocycles. The van der Waals surface area contributed by atoms with Crippen LogP contribution < -0.4 is 4.74 Å². The van der Waals surface area contributed by atoms with E-state index < -0.39 is 0 Å². The molecule has 0 N–H and O–H groups in total. The Morgan fingerprint density at radius 3 is 3.00 bits per heavy atom. The molecule has 4 nitrogen and oxygen atoms in total. The van der Waals surface area contributed by atoms with Crippen LogP contribution in [0, 0.1) is 0 Å². The molecule has 92 valence electrons. The van der Waals surface area contributed by atoms with Gasteiger partial charge in [0.15, 0.2) is 0 Å². The lowest BCUT2D eigenvalue weighted by atomic mass is 10.2. The van der Waals surface area contributed by atoms with Crippen molar-refractivity contribution in [1.82, 2.24) is 4.98 Å². The summed E-state index contributed by atoms with van der Waals surface area (Å²) in [6.45, 7) is 2.15. The molecule has 0 saturated carbocycles. The quantitative estimate of drug-likeness (QED) is 0.759. The van der Waals surface area contributed by atoms with Crippen molar-refractivity contribution in [2.45, 2.75) is 13.3 Å². The van der Waals surface area contributed by atoms with Crippen molar-refractivity contribution < 1.29 is 14.3 Å². The highest BCUT2D eigenvalue weighted by Gasteiger charge is 2.02. The van der Waals surface area contributed by atoms with E-state index in [1.54, 1.807) is 25.1 Å². The summed E-state index contributed by atoms with van der Waals surface area (Å²) in [5, 5.41) is 0.515. The maximum Gasteiger partial charge on any atom is 0.309 e. The summed E-state index contributed by atoms with van der Waals surface area (Å²) in [5.41, 5.74) is 0.726. The van der Waals surface area contributed by atoms with Crippen LogP contribution in [0.4, 0.5) is 0 Å². The molecule has 0 radical (unpaired) electrons. The highest BCUT2D eigenvalue weighted by molar-refractivity contribution is 6.30. The minimum atomic E-state index is -0.266. The summed E-state index contributed by atoms with van der Waals surface area (Å²) in [5.74, 6) is 0.201. The Labute approximate surface area is 105 Å². The first-order valence-corrected chi connectivity index (χ1v) is 5.56. The zero-order chi connectivity index (χ0) is 12.7. The summed E-state index contributed by atoms with van der Waals surface area (Å²) < 4.78 is 9.87. The van der Waals surface area contributed by atoms with Crippen molar-refractivity contribution in [3.05, 3.63) is 28.9 Å². The van der Waals surface area contributed by atoms with E-state index in [1.807, 2.05) is 0 Å². The fourth-order valence-electron chi connectivity index (χ4n) is 1.23. The maximum absolute atomic E-state index is 11.1. The van der Waals surface area contributed by atoms with Crippen LogP contribution in [0.2, 0.25) is 5.02 Å². The van der Waals surface area contributed by atoms with Gasteiger partial charge < -0.3 is 9.47 Å². The van der Waals surface area contributed by atoms with E-state index in [9.17, 15) is 4.79 Å². The number of nitrogens with zero attached hydrogens (tertiary/aromatic N) is 1. The van der Waals surface area contributed by atoms with Gasteiger partial charge in [-0.25, -0.2) is 4.98 Å². The second-order valence-corrected chi connectivity index (χ2v) is 3.60. The summed E-state index contributed by atoms with van der Waals surface area (Å²) in [6, 6.07) is 1.72. The first-order chi connectivity index (χ1) is 8.17. The van der Waals surface area contributed by atoms with Crippen molar-refractivity contribution in [2.75, 3.05) is 13.7 Å². The third-order valence-corrected chi connectivity index (χ3v) is 2.13. The topological polar surface area (TPSA) is 48.4 Å². The Kier molecular flexibility index (Phi) is 5.49. The monoisotopic (exact) mass is 255 g/mol. The number of carbonyl (C=O) groups excluding carboxylic acids is 1. The molecule has 0 amide bonds. The summed E-state index contributed by atoms with van der Waals surface area (Å²) in [6.07, 6.45) is 5.13. The number of aromatic nitrogens is 1. The molecule has 0 aliphatic heterocycles. The molecule has 0 fully saturated rings. The maximum atomic E-state index is 11.1. The Bertz CT molecular complexity index is 418. The number of esters is 1. The summed E-state index contributed by atoms with van der Waals surface area (Å²) in [4.78, 5) is 15.1. The predicted molar refractivity (Wildman–Crippen MR) is 66.1 cm³/mol. The molecule has 1 rings (SSSR count). The number of hydrogen-bond acceptors (Lipinski definition) is 4. The van der Waals surface area contributed by atoms with E-state index in [-0.39, 0.29) is 12.4 Å². The van der Waals surface area contributed by atoms with E-state index >= 15 is 0 Å². The Balaban J connectivity index is 2.70. The number of ether oxygens (including phenoxy) is 2. The predicted octanol–water partition coefficient (Wildman–Crippen LogP) is 2.71. The average Bonchev–Trinajstić information content (AvgIpc) is 2.30. The Morgan fingerprint density at radius 2 is 2.35 bits per heavy atom. The zero-order valence-corrected chi connectivity index (χ0v) is 10.5. The molecule has 0 bridgehead atoms. The van der Waals surface area contributed by atoms with Crippen LogP contribution in [0.25, 0.3) is 6.08 Å². The molecule has 0 atom stereocenters. The van der Waals surface area contributed by atoms with E-state index in [0.29, 0.717) is 17.5 Å². The van der Waals surface area contributed by atoms with Gasteiger partial charge in [-0.3, -0.25) is 4.79 Å². The number of hydrogen-bond donors (Lipinski definition) is 0. The molecule has 1 heterocycles. The lowest BCUT2D eigenvalue weighted by molar-refractivity contribution is -0.142. The van der Waals surface area contributed by atoms with Crippen LogP contribution in [-0.2, 0) is 9.53 Å². The van der Waals surface area contributed by atoms with E-state index in [4.69, 9.17) is 21.1 Å². The number of pyridine rings is 1. The van der Waals surface area contributed by atoms with Gasteiger partial charge in [0.25, 0.3) is 0 Å². The van der Waals surface area contributed by atoms with Gasteiger partial charge in [0.1, 0.15) is 0 Å². The number of rotatable bonds is 5. The van der Waals surface area contributed by atoms with Gasteiger partial charge in [-0.05, 0) is 13.0 Å². The third-order valence-electron chi connectivity index (χ3n) is 1.93. The van der Waals surface area contributed by atoms with E-state index in [2.05, 4.69) is 4.98 Å². The second kappa shape index (κ2) is 6.91. The number of carbonyl (C=O) groups is 1. The largest absolute Gasteiger partial charge is 0.481 e. The van der Waals surface area contributed by atoms with Crippen LogP contribution in [0.1, 0.15) is 18.9 Å². The molecule has 0 unspecified atom stereocenters. The molecular weight excluding hydrogens is 242 g/mol. The van der Waals surface area contributed by atoms with Gasteiger partial charge >= 0.3 is 5.97 Å². The minimum Gasteiger partial charge on any atom is -0.481 e. The molecular formula is C12H14ClNO3. The van der Waals surface area contributed by atoms with E-state index in [0.717, 1.165) is 5.56 Å². The zero-order valence-electron chi connectivity index (χ0n) is 9.77. The van der Waals surface area contributed by atoms with Gasteiger partial charge in [0.2, 0.25) is 5.88 Å². The number of methoxy groups -OCH3 is 1.